The van der Waals surface area contributed by atoms with Gasteiger partial charge in [0.2, 0.25) is 11.8 Å². The second-order valence-electron chi connectivity index (χ2n) is 10.6. The van der Waals surface area contributed by atoms with E-state index in [0.717, 1.165) is 9.87 Å². The largest absolute Gasteiger partial charge is 0.350 e. The Hall–Kier alpha value is -2.49. The van der Waals surface area contributed by atoms with Gasteiger partial charge in [-0.15, -0.1) is 0 Å². The van der Waals surface area contributed by atoms with Crippen molar-refractivity contribution in [1.82, 2.24) is 10.2 Å². The van der Waals surface area contributed by atoms with Crippen molar-refractivity contribution in [1.29, 1.82) is 0 Å². The molecule has 0 aliphatic heterocycles. The molecule has 0 saturated heterocycles. The van der Waals surface area contributed by atoms with Crippen LogP contribution in [0, 0.1) is 6.92 Å². The Kier molecular flexibility index (Phi) is 10.6. The smallest absolute Gasteiger partial charge is 0.264 e. The summed E-state index contributed by atoms with van der Waals surface area (Å²) in [5.41, 5.74) is 0.822. The molecule has 3 aromatic carbocycles. The quantitative estimate of drug-likeness (QED) is 0.265. The number of nitrogens with one attached hydrogen (secondary N) is 1. The van der Waals surface area contributed by atoms with Crippen LogP contribution in [-0.4, -0.2) is 43.3 Å². The maximum absolute atomic E-state index is 14.0. The molecule has 0 aliphatic rings. The number of halogens is 4. The average molecular weight is 659 g/mol. The molecule has 0 radical (unpaired) electrons. The minimum absolute atomic E-state index is 0.0179. The summed E-state index contributed by atoms with van der Waals surface area (Å²) in [5.74, 6) is -1.09. The van der Waals surface area contributed by atoms with Gasteiger partial charge in [0.1, 0.15) is 12.6 Å². The highest BCUT2D eigenvalue weighted by Gasteiger charge is 2.34. The van der Waals surface area contributed by atoms with E-state index < -0.39 is 40.0 Å². The van der Waals surface area contributed by atoms with Crippen LogP contribution in [0.15, 0.2) is 65.6 Å². The van der Waals surface area contributed by atoms with Crippen LogP contribution in [0.1, 0.15) is 38.8 Å². The van der Waals surface area contributed by atoms with Crippen molar-refractivity contribution >= 4 is 73.9 Å². The van der Waals surface area contributed by atoms with Crippen molar-refractivity contribution in [3.05, 3.63) is 91.9 Å². The lowest BCUT2D eigenvalue weighted by Gasteiger charge is -2.34. The van der Waals surface area contributed by atoms with E-state index in [1.54, 1.807) is 31.2 Å². The third kappa shape index (κ3) is 8.30. The van der Waals surface area contributed by atoms with E-state index in [-0.39, 0.29) is 27.2 Å². The molecule has 0 heterocycles. The molecular weight excluding hydrogens is 628 g/mol. The summed E-state index contributed by atoms with van der Waals surface area (Å²) in [6.45, 7) is 8.08. The van der Waals surface area contributed by atoms with E-state index in [1.807, 2.05) is 27.7 Å². The first-order valence-electron chi connectivity index (χ1n) is 12.6. The Morgan fingerprint density at radius 2 is 1.56 bits per heavy atom. The SMILES string of the molecule is Cc1ccc(S(=O)(=O)N(CC(=O)N(Cc2ccc(Cl)cc2Cl)C(C)C(=O)NC(C)(C)C)c2cccc(Cl)c2Cl)cc1. The first-order chi connectivity index (χ1) is 19.0. The summed E-state index contributed by atoms with van der Waals surface area (Å²) in [7, 11) is -4.30. The monoisotopic (exact) mass is 657 g/mol. The van der Waals surface area contributed by atoms with Crippen LogP contribution in [0.3, 0.4) is 0 Å². The number of sulfonamides is 1. The first kappa shape index (κ1) is 33.0. The molecule has 0 aliphatic carbocycles. The van der Waals surface area contributed by atoms with Crippen LogP contribution in [0.25, 0.3) is 0 Å². The van der Waals surface area contributed by atoms with Gasteiger partial charge in [0, 0.05) is 22.1 Å². The van der Waals surface area contributed by atoms with Crippen molar-refractivity contribution in [3.63, 3.8) is 0 Å². The molecule has 3 rings (SSSR count). The van der Waals surface area contributed by atoms with Gasteiger partial charge in [0.15, 0.2) is 0 Å². The van der Waals surface area contributed by atoms with Crippen LogP contribution >= 0.6 is 46.4 Å². The van der Waals surface area contributed by atoms with E-state index in [4.69, 9.17) is 46.4 Å². The van der Waals surface area contributed by atoms with Gasteiger partial charge < -0.3 is 10.2 Å². The summed E-state index contributed by atoms with van der Waals surface area (Å²) in [6, 6.07) is 14.5. The zero-order valence-electron chi connectivity index (χ0n) is 23.2. The lowest BCUT2D eigenvalue weighted by atomic mass is 10.1. The van der Waals surface area contributed by atoms with Gasteiger partial charge in [-0.2, -0.15) is 0 Å². The number of hydrogen-bond acceptors (Lipinski definition) is 4. The maximum atomic E-state index is 14.0. The third-order valence-electron chi connectivity index (χ3n) is 6.11. The number of carbonyl (C=O) groups is 2. The van der Waals surface area contributed by atoms with Crippen molar-refractivity contribution < 1.29 is 18.0 Å². The van der Waals surface area contributed by atoms with Gasteiger partial charge in [0.05, 0.1) is 20.6 Å². The van der Waals surface area contributed by atoms with Gasteiger partial charge in [-0.3, -0.25) is 13.9 Å². The van der Waals surface area contributed by atoms with Gasteiger partial charge in [-0.25, -0.2) is 8.42 Å². The van der Waals surface area contributed by atoms with E-state index in [2.05, 4.69) is 5.32 Å². The van der Waals surface area contributed by atoms with Crippen molar-refractivity contribution in [2.24, 2.45) is 0 Å². The first-order valence-corrected chi connectivity index (χ1v) is 15.6. The van der Waals surface area contributed by atoms with Crippen LogP contribution in [-0.2, 0) is 26.2 Å². The number of benzene rings is 3. The van der Waals surface area contributed by atoms with E-state index >= 15 is 0 Å². The highest BCUT2D eigenvalue weighted by molar-refractivity contribution is 7.92. The lowest BCUT2D eigenvalue weighted by molar-refractivity contribution is -0.140. The van der Waals surface area contributed by atoms with E-state index in [9.17, 15) is 18.0 Å². The second-order valence-corrected chi connectivity index (χ2v) is 14.1. The van der Waals surface area contributed by atoms with Gasteiger partial charge in [0.25, 0.3) is 10.0 Å². The lowest BCUT2D eigenvalue weighted by Crippen LogP contribution is -2.54. The highest BCUT2D eigenvalue weighted by Crippen LogP contribution is 2.36. The molecule has 0 aromatic heterocycles. The fourth-order valence-corrected chi connectivity index (χ4v) is 6.27. The molecule has 1 N–H and O–H groups in total. The molecule has 41 heavy (non-hydrogen) atoms. The summed E-state index contributed by atoms with van der Waals surface area (Å²) in [6.07, 6.45) is 0. The van der Waals surface area contributed by atoms with E-state index in [0.29, 0.717) is 15.6 Å². The topological polar surface area (TPSA) is 86.8 Å². The van der Waals surface area contributed by atoms with Crippen LogP contribution in [0.2, 0.25) is 20.1 Å². The summed E-state index contributed by atoms with van der Waals surface area (Å²) in [4.78, 5) is 28.5. The van der Waals surface area contributed by atoms with Crippen LogP contribution in [0.4, 0.5) is 5.69 Å². The summed E-state index contributed by atoms with van der Waals surface area (Å²) >= 11 is 25.2. The summed E-state index contributed by atoms with van der Waals surface area (Å²) in [5, 5.41) is 3.64. The normalized spacial score (nSPS) is 12.5. The molecule has 1 unspecified atom stereocenters. The number of aryl methyl sites for hydroxylation is 1. The maximum Gasteiger partial charge on any atom is 0.264 e. The van der Waals surface area contributed by atoms with Gasteiger partial charge in [-0.05, 0) is 76.6 Å². The van der Waals surface area contributed by atoms with Crippen LogP contribution in [0.5, 0.6) is 0 Å². The number of nitrogens with zero attached hydrogens (tertiary/aromatic N) is 2. The fraction of sp³-hybridized carbons (Fsp3) is 0.310. The molecule has 7 nitrogen and oxygen atoms in total. The molecule has 1 atom stereocenters. The Morgan fingerprint density at radius 1 is 0.927 bits per heavy atom. The van der Waals surface area contributed by atoms with Crippen LogP contribution < -0.4 is 9.62 Å². The van der Waals surface area contributed by atoms with Gasteiger partial charge >= 0.3 is 0 Å². The van der Waals surface area contributed by atoms with Crippen molar-refractivity contribution in [2.45, 2.75) is 57.6 Å². The Labute approximate surface area is 261 Å². The third-order valence-corrected chi connectivity index (χ3v) is 9.28. The minimum atomic E-state index is -4.30. The molecular formula is C29H31Cl4N3O4S. The minimum Gasteiger partial charge on any atom is -0.350 e. The standard InChI is InChI=1S/C29H31Cl4N3O4S/c1-18-9-13-22(14-10-18)41(39,40)36(25-8-6-7-23(31)27(25)33)17-26(37)35(19(2)28(38)34-29(3,4)5)16-20-11-12-21(30)15-24(20)32/h6-15,19H,16-17H2,1-5H3,(H,34,38). The predicted molar refractivity (Wildman–Crippen MR) is 167 cm³/mol. The summed E-state index contributed by atoms with van der Waals surface area (Å²) < 4.78 is 28.8. The van der Waals surface area contributed by atoms with E-state index in [1.165, 1.54) is 41.3 Å². The fourth-order valence-electron chi connectivity index (χ4n) is 3.93. The molecule has 0 saturated carbocycles. The zero-order valence-corrected chi connectivity index (χ0v) is 27.1. The number of anilines is 1. The second kappa shape index (κ2) is 13.2. The van der Waals surface area contributed by atoms with Gasteiger partial charge in [-0.1, -0.05) is 76.2 Å². The number of hydrogen-bond donors (Lipinski definition) is 1. The molecule has 3 aromatic rings. The Balaban J connectivity index is 2.10. The van der Waals surface area contributed by atoms with Crippen molar-refractivity contribution in [3.8, 4) is 0 Å². The predicted octanol–water partition coefficient (Wildman–Crippen LogP) is 7.14. The molecule has 2 amide bonds. The molecule has 0 bridgehead atoms. The number of rotatable bonds is 9. The molecule has 220 valence electrons. The molecule has 0 fully saturated rings. The number of carbonyl (C=O) groups excluding carboxylic acids is 2. The Bertz CT molecular complexity index is 1540. The molecule has 0 spiro atoms. The molecule has 12 heteroatoms. The Morgan fingerprint density at radius 3 is 2.15 bits per heavy atom. The zero-order chi connectivity index (χ0) is 30.7. The van der Waals surface area contributed by atoms with Crippen molar-refractivity contribution in [2.75, 3.05) is 10.8 Å². The average Bonchev–Trinajstić information content (AvgIpc) is 2.87. The highest BCUT2D eigenvalue weighted by atomic mass is 35.5. The number of amides is 2.